The predicted molar refractivity (Wildman–Crippen MR) is 99.6 cm³/mol. The van der Waals surface area contributed by atoms with E-state index in [4.69, 9.17) is 14.2 Å². The maximum atomic E-state index is 12.7. The van der Waals surface area contributed by atoms with Crippen molar-refractivity contribution in [2.75, 3.05) is 52.7 Å². The van der Waals surface area contributed by atoms with Gasteiger partial charge in [0, 0.05) is 38.2 Å². The lowest BCUT2D eigenvalue weighted by atomic mass is 9.96. The second-order valence-electron chi connectivity index (χ2n) is 6.65. The Morgan fingerprint density at radius 3 is 2.85 bits per heavy atom. The number of ether oxygens (including phenoxy) is 3. The summed E-state index contributed by atoms with van der Waals surface area (Å²) in [6, 6.07) is 7.58. The second-order valence-corrected chi connectivity index (χ2v) is 6.65. The molecule has 0 spiro atoms. The van der Waals surface area contributed by atoms with Crippen molar-refractivity contribution < 1.29 is 19.0 Å². The quantitative estimate of drug-likeness (QED) is 0.716. The van der Waals surface area contributed by atoms with Crippen molar-refractivity contribution in [3.63, 3.8) is 0 Å². The molecule has 0 saturated carbocycles. The van der Waals surface area contributed by atoms with Crippen molar-refractivity contribution in [1.82, 2.24) is 10.2 Å². The normalized spacial score (nSPS) is 21.9. The summed E-state index contributed by atoms with van der Waals surface area (Å²) in [5.41, 5.74) is 0.553. The molecule has 1 aromatic carbocycles. The Hall–Kier alpha value is -1.89. The van der Waals surface area contributed by atoms with Crippen LogP contribution in [0.3, 0.4) is 0 Å². The summed E-state index contributed by atoms with van der Waals surface area (Å²) in [6.07, 6.45) is 2.71. The zero-order valence-electron chi connectivity index (χ0n) is 15.2. The van der Waals surface area contributed by atoms with Crippen LogP contribution in [0.25, 0.3) is 0 Å². The summed E-state index contributed by atoms with van der Waals surface area (Å²) < 4.78 is 16.7. The molecule has 2 saturated heterocycles. The number of nitrogens with one attached hydrogen (secondary N) is 1. The van der Waals surface area contributed by atoms with Crippen molar-refractivity contribution in [3.8, 4) is 5.75 Å². The van der Waals surface area contributed by atoms with E-state index >= 15 is 0 Å². The summed E-state index contributed by atoms with van der Waals surface area (Å²) in [5, 5.41) is 3.11. The summed E-state index contributed by atoms with van der Waals surface area (Å²) in [7, 11) is 0. The van der Waals surface area contributed by atoms with E-state index in [0.29, 0.717) is 30.4 Å². The highest BCUT2D eigenvalue weighted by atomic mass is 16.5. The van der Waals surface area contributed by atoms with Crippen LogP contribution < -0.4 is 10.1 Å². The highest BCUT2D eigenvalue weighted by Crippen LogP contribution is 2.23. The number of benzene rings is 1. The molecule has 1 aromatic rings. The van der Waals surface area contributed by atoms with Crippen molar-refractivity contribution in [3.05, 3.63) is 42.5 Å². The Labute approximate surface area is 155 Å². The summed E-state index contributed by atoms with van der Waals surface area (Å²) in [6.45, 7) is 9.48. The third-order valence-corrected chi connectivity index (χ3v) is 4.98. The number of hydrogen-bond donors (Lipinski definition) is 1. The highest BCUT2D eigenvalue weighted by molar-refractivity contribution is 5.96. The second kappa shape index (κ2) is 9.71. The van der Waals surface area contributed by atoms with E-state index in [1.165, 1.54) is 0 Å². The van der Waals surface area contributed by atoms with Crippen LogP contribution in [0.5, 0.6) is 5.75 Å². The first-order valence-electron chi connectivity index (χ1n) is 9.30. The van der Waals surface area contributed by atoms with Gasteiger partial charge in [0.1, 0.15) is 12.4 Å². The van der Waals surface area contributed by atoms with E-state index in [0.717, 1.165) is 45.9 Å². The molecule has 2 fully saturated rings. The number of hydrogen-bond acceptors (Lipinski definition) is 5. The third-order valence-electron chi connectivity index (χ3n) is 4.98. The van der Waals surface area contributed by atoms with Gasteiger partial charge in [-0.05, 0) is 18.6 Å². The zero-order chi connectivity index (χ0) is 18.2. The van der Waals surface area contributed by atoms with Crippen molar-refractivity contribution in [2.24, 2.45) is 5.92 Å². The fourth-order valence-corrected chi connectivity index (χ4v) is 3.58. The van der Waals surface area contributed by atoms with Crippen LogP contribution in [0.1, 0.15) is 16.8 Å². The van der Waals surface area contributed by atoms with Gasteiger partial charge in [-0.15, -0.1) is 0 Å². The fourth-order valence-electron chi connectivity index (χ4n) is 3.58. The Morgan fingerprint density at radius 2 is 2.12 bits per heavy atom. The molecule has 0 bridgehead atoms. The van der Waals surface area contributed by atoms with E-state index in [-0.39, 0.29) is 11.9 Å². The van der Waals surface area contributed by atoms with Crippen LogP contribution in [0.15, 0.2) is 36.9 Å². The van der Waals surface area contributed by atoms with Crippen LogP contribution in [0.2, 0.25) is 0 Å². The first-order chi connectivity index (χ1) is 12.8. The van der Waals surface area contributed by atoms with Crippen molar-refractivity contribution >= 4 is 5.91 Å². The van der Waals surface area contributed by atoms with Gasteiger partial charge in [-0.25, -0.2) is 0 Å². The molecule has 2 heterocycles. The average molecular weight is 360 g/mol. The van der Waals surface area contributed by atoms with Gasteiger partial charge in [0.05, 0.1) is 25.4 Å². The van der Waals surface area contributed by atoms with Crippen molar-refractivity contribution in [2.45, 2.75) is 12.5 Å². The van der Waals surface area contributed by atoms with Crippen molar-refractivity contribution in [1.29, 1.82) is 0 Å². The average Bonchev–Trinajstić information content (AvgIpc) is 3.22. The van der Waals surface area contributed by atoms with Gasteiger partial charge in [0.15, 0.2) is 0 Å². The maximum Gasteiger partial charge on any atom is 0.255 e. The molecule has 6 heteroatoms. The zero-order valence-corrected chi connectivity index (χ0v) is 15.2. The number of rotatable bonds is 8. The van der Waals surface area contributed by atoms with Crippen LogP contribution in [0.4, 0.5) is 0 Å². The molecule has 2 atom stereocenters. The number of carbonyl (C=O) groups excluding carboxylic acids is 1. The Balaban J connectivity index is 1.64. The number of morpholine rings is 1. The summed E-state index contributed by atoms with van der Waals surface area (Å²) >= 11 is 0. The monoisotopic (exact) mass is 360 g/mol. The Kier molecular flexibility index (Phi) is 7.05. The number of nitrogens with zero attached hydrogens (tertiary/aromatic N) is 1. The Bertz CT molecular complexity index is 595. The largest absolute Gasteiger partial charge is 0.489 e. The van der Waals surface area contributed by atoms with Gasteiger partial charge in [0.2, 0.25) is 0 Å². The lowest BCUT2D eigenvalue weighted by Gasteiger charge is -2.37. The number of amides is 1. The molecule has 142 valence electrons. The topological polar surface area (TPSA) is 60.0 Å². The minimum Gasteiger partial charge on any atom is -0.489 e. The molecule has 2 aliphatic heterocycles. The molecule has 3 rings (SSSR count). The molecule has 1 amide bonds. The van der Waals surface area contributed by atoms with E-state index in [1.807, 2.05) is 18.2 Å². The van der Waals surface area contributed by atoms with Crippen LogP contribution in [-0.4, -0.2) is 69.5 Å². The van der Waals surface area contributed by atoms with E-state index in [1.54, 1.807) is 12.1 Å². The Morgan fingerprint density at radius 1 is 1.31 bits per heavy atom. The predicted octanol–water partition coefficient (Wildman–Crippen LogP) is 1.72. The molecule has 2 aliphatic rings. The lowest BCUT2D eigenvalue weighted by Crippen LogP contribution is -2.52. The third kappa shape index (κ3) is 4.84. The smallest absolute Gasteiger partial charge is 0.255 e. The van der Waals surface area contributed by atoms with Gasteiger partial charge in [0.25, 0.3) is 5.91 Å². The molecule has 6 nitrogen and oxygen atoms in total. The molecule has 1 N–H and O–H groups in total. The minimum atomic E-state index is -0.109. The van der Waals surface area contributed by atoms with Gasteiger partial charge < -0.3 is 19.5 Å². The number of carbonyl (C=O) groups is 1. The van der Waals surface area contributed by atoms with E-state index in [2.05, 4.69) is 16.8 Å². The SMILES string of the molecule is C=CCOc1ccccc1C(=O)NCC(C1CCOC1)N1CCOCC1. The molecule has 0 aromatic heterocycles. The molecule has 26 heavy (non-hydrogen) atoms. The van der Waals surface area contributed by atoms with E-state index < -0.39 is 0 Å². The lowest BCUT2D eigenvalue weighted by molar-refractivity contribution is 0.00166. The first-order valence-corrected chi connectivity index (χ1v) is 9.30. The van der Waals surface area contributed by atoms with E-state index in [9.17, 15) is 4.79 Å². The van der Waals surface area contributed by atoms with Crippen LogP contribution in [0, 0.1) is 5.92 Å². The molecule has 2 unspecified atom stereocenters. The first kappa shape index (κ1) is 18.9. The standard InChI is InChI=1S/C20H28N2O4/c1-2-10-26-19-6-4-3-5-17(19)20(23)21-14-18(16-7-11-25-15-16)22-8-12-24-13-9-22/h2-6,16,18H,1,7-15H2,(H,21,23). The van der Waals surface area contributed by atoms with Crippen LogP contribution >= 0.6 is 0 Å². The molecule has 0 aliphatic carbocycles. The van der Waals surface area contributed by atoms with Gasteiger partial charge in [-0.2, -0.15) is 0 Å². The summed E-state index contributed by atoms with van der Waals surface area (Å²) in [5.74, 6) is 0.916. The fraction of sp³-hybridized carbons (Fsp3) is 0.550. The molecule has 0 radical (unpaired) electrons. The number of para-hydroxylation sites is 1. The highest BCUT2D eigenvalue weighted by Gasteiger charge is 2.32. The summed E-state index contributed by atoms with van der Waals surface area (Å²) in [4.78, 5) is 15.2. The van der Waals surface area contributed by atoms with Gasteiger partial charge in [-0.1, -0.05) is 24.8 Å². The van der Waals surface area contributed by atoms with Crippen LogP contribution in [-0.2, 0) is 9.47 Å². The minimum absolute atomic E-state index is 0.109. The maximum absolute atomic E-state index is 12.7. The molecular formula is C20H28N2O4. The van der Waals surface area contributed by atoms with Gasteiger partial charge in [-0.3, -0.25) is 9.69 Å². The van der Waals surface area contributed by atoms with Gasteiger partial charge >= 0.3 is 0 Å². The molecular weight excluding hydrogens is 332 g/mol.